The molecule has 1 aliphatic rings. The van der Waals surface area contributed by atoms with Crippen molar-refractivity contribution < 1.29 is 4.79 Å². The van der Waals surface area contributed by atoms with Crippen LogP contribution in [0.2, 0.25) is 0 Å². The van der Waals surface area contributed by atoms with E-state index in [9.17, 15) is 4.79 Å². The molecule has 5 nitrogen and oxygen atoms in total. The molecule has 27 heavy (non-hydrogen) atoms. The number of benzene rings is 2. The van der Waals surface area contributed by atoms with Crippen LogP contribution in [0.5, 0.6) is 0 Å². The van der Waals surface area contributed by atoms with Crippen molar-refractivity contribution in [2.75, 3.05) is 25.0 Å². The highest BCUT2D eigenvalue weighted by molar-refractivity contribution is 5.94. The SMILES string of the molecule is Cc1ccc2ncnc(NCC3CCN(C(=O)c4ccccc4)CC3)c2c1. The highest BCUT2D eigenvalue weighted by Crippen LogP contribution is 2.23. The maximum absolute atomic E-state index is 12.6. The first-order chi connectivity index (χ1) is 13.2. The molecule has 4 rings (SSSR count). The van der Waals surface area contributed by atoms with E-state index in [1.807, 2.05) is 41.3 Å². The lowest BCUT2D eigenvalue weighted by atomic mass is 9.96. The number of aromatic nitrogens is 2. The molecule has 2 heterocycles. The average molecular weight is 360 g/mol. The van der Waals surface area contributed by atoms with Gasteiger partial charge in [-0.1, -0.05) is 29.8 Å². The van der Waals surface area contributed by atoms with Crippen LogP contribution in [0.1, 0.15) is 28.8 Å². The summed E-state index contributed by atoms with van der Waals surface area (Å²) in [5.74, 6) is 1.57. The lowest BCUT2D eigenvalue weighted by Gasteiger charge is -2.32. The van der Waals surface area contributed by atoms with Crippen molar-refractivity contribution >= 4 is 22.6 Å². The number of piperidine rings is 1. The molecule has 1 amide bonds. The zero-order chi connectivity index (χ0) is 18.6. The smallest absolute Gasteiger partial charge is 0.253 e. The van der Waals surface area contributed by atoms with Gasteiger partial charge in [0, 0.05) is 30.6 Å². The van der Waals surface area contributed by atoms with Gasteiger partial charge >= 0.3 is 0 Å². The number of rotatable bonds is 4. The second-order valence-corrected chi connectivity index (χ2v) is 7.23. The molecule has 1 N–H and O–H groups in total. The summed E-state index contributed by atoms with van der Waals surface area (Å²) in [5.41, 5.74) is 2.94. The summed E-state index contributed by atoms with van der Waals surface area (Å²) < 4.78 is 0. The van der Waals surface area contributed by atoms with Crippen LogP contribution in [0.15, 0.2) is 54.9 Å². The van der Waals surface area contributed by atoms with Crippen LogP contribution in [-0.2, 0) is 0 Å². The molecule has 0 atom stereocenters. The van der Waals surface area contributed by atoms with Crippen LogP contribution in [0.25, 0.3) is 10.9 Å². The van der Waals surface area contributed by atoms with Gasteiger partial charge in [0.1, 0.15) is 12.1 Å². The Morgan fingerprint density at radius 1 is 1.11 bits per heavy atom. The van der Waals surface area contributed by atoms with Gasteiger partial charge < -0.3 is 10.2 Å². The number of likely N-dealkylation sites (tertiary alicyclic amines) is 1. The number of hydrogen-bond donors (Lipinski definition) is 1. The van der Waals surface area contributed by atoms with Crippen LogP contribution >= 0.6 is 0 Å². The van der Waals surface area contributed by atoms with E-state index in [0.29, 0.717) is 5.92 Å². The van der Waals surface area contributed by atoms with Gasteiger partial charge in [-0.25, -0.2) is 9.97 Å². The van der Waals surface area contributed by atoms with E-state index in [0.717, 1.165) is 54.8 Å². The second kappa shape index (κ2) is 7.74. The fourth-order valence-electron chi connectivity index (χ4n) is 3.66. The second-order valence-electron chi connectivity index (χ2n) is 7.23. The molecule has 0 radical (unpaired) electrons. The topological polar surface area (TPSA) is 58.1 Å². The van der Waals surface area contributed by atoms with E-state index in [1.165, 1.54) is 5.56 Å². The molecule has 138 valence electrons. The molecular formula is C22H24N4O. The van der Waals surface area contributed by atoms with Crippen molar-refractivity contribution in [3.05, 3.63) is 66.0 Å². The van der Waals surface area contributed by atoms with Crippen LogP contribution in [-0.4, -0.2) is 40.4 Å². The number of aryl methyl sites for hydroxylation is 1. The molecule has 1 fully saturated rings. The first-order valence-corrected chi connectivity index (χ1v) is 9.50. The van der Waals surface area contributed by atoms with E-state index in [1.54, 1.807) is 6.33 Å². The van der Waals surface area contributed by atoms with E-state index in [-0.39, 0.29) is 5.91 Å². The molecule has 0 spiro atoms. The number of fused-ring (bicyclic) bond motifs is 1. The lowest BCUT2D eigenvalue weighted by molar-refractivity contribution is 0.0695. The molecule has 0 bridgehead atoms. The first-order valence-electron chi connectivity index (χ1n) is 9.50. The molecule has 1 aliphatic heterocycles. The number of anilines is 1. The summed E-state index contributed by atoms with van der Waals surface area (Å²) in [6.07, 6.45) is 3.63. The molecule has 3 aromatic rings. The van der Waals surface area contributed by atoms with Crippen molar-refractivity contribution in [1.82, 2.24) is 14.9 Å². The lowest BCUT2D eigenvalue weighted by Crippen LogP contribution is -2.39. The molecule has 2 aromatic carbocycles. The average Bonchev–Trinajstić information content (AvgIpc) is 2.73. The van der Waals surface area contributed by atoms with Crippen molar-refractivity contribution in [3.63, 3.8) is 0 Å². The Morgan fingerprint density at radius 2 is 1.89 bits per heavy atom. The molecule has 0 aliphatic carbocycles. The quantitative estimate of drug-likeness (QED) is 0.766. The summed E-state index contributed by atoms with van der Waals surface area (Å²) in [6.45, 7) is 4.57. The molecular weight excluding hydrogens is 336 g/mol. The number of carbonyl (C=O) groups is 1. The van der Waals surface area contributed by atoms with Crippen LogP contribution in [0, 0.1) is 12.8 Å². The minimum atomic E-state index is 0.138. The summed E-state index contributed by atoms with van der Waals surface area (Å²) in [5, 5.41) is 4.57. The predicted octanol–water partition coefficient (Wildman–Crippen LogP) is 3.90. The fourth-order valence-corrected chi connectivity index (χ4v) is 3.66. The standard InChI is InChI=1S/C22H24N4O/c1-16-7-8-20-19(13-16)21(25-15-24-20)23-14-17-9-11-26(12-10-17)22(27)18-5-3-2-4-6-18/h2-8,13,15,17H,9-12,14H2,1H3,(H,23,24,25). The minimum absolute atomic E-state index is 0.138. The highest BCUT2D eigenvalue weighted by Gasteiger charge is 2.23. The largest absolute Gasteiger partial charge is 0.369 e. The Bertz CT molecular complexity index is 933. The third-order valence-electron chi connectivity index (χ3n) is 5.27. The fraction of sp³-hybridized carbons (Fsp3) is 0.318. The molecule has 0 saturated carbocycles. The molecule has 1 aromatic heterocycles. The summed E-state index contributed by atoms with van der Waals surface area (Å²) in [6, 6.07) is 15.8. The number of nitrogens with zero attached hydrogens (tertiary/aromatic N) is 3. The zero-order valence-corrected chi connectivity index (χ0v) is 15.6. The van der Waals surface area contributed by atoms with Crippen molar-refractivity contribution in [3.8, 4) is 0 Å². The molecule has 1 saturated heterocycles. The van der Waals surface area contributed by atoms with Crippen LogP contribution in [0.3, 0.4) is 0 Å². The highest BCUT2D eigenvalue weighted by atomic mass is 16.2. The van der Waals surface area contributed by atoms with Gasteiger partial charge in [-0.15, -0.1) is 0 Å². The molecule has 5 heteroatoms. The van der Waals surface area contributed by atoms with E-state index < -0.39 is 0 Å². The maximum Gasteiger partial charge on any atom is 0.253 e. The monoisotopic (exact) mass is 360 g/mol. The Hall–Kier alpha value is -2.95. The third-order valence-corrected chi connectivity index (χ3v) is 5.27. The Kier molecular flexibility index (Phi) is 5.01. The summed E-state index contributed by atoms with van der Waals surface area (Å²) in [7, 11) is 0. The van der Waals surface area contributed by atoms with Gasteiger partial charge in [-0.05, 0) is 49.9 Å². The first kappa shape index (κ1) is 17.5. The number of nitrogens with one attached hydrogen (secondary N) is 1. The van der Waals surface area contributed by atoms with E-state index in [2.05, 4.69) is 34.3 Å². The minimum Gasteiger partial charge on any atom is -0.369 e. The molecule has 0 unspecified atom stereocenters. The number of hydrogen-bond acceptors (Lipinski definition) is 4. The Balaban J connectivity index is 1.35. The van der Waals surface area contributed by atoms with E-state index in [4.69, 9.17) is 0 Å². The van der Waals surface area contributed by atoms with E-state index >= 15 is 0 Å². The Labute approximate surface area is 159 Å². The summed E-state index contributed by atoms with van der Waals surface area (Å²) in [4.78, 5) is 23.3. The maximum atomic E-state index is 12.6. The Morgan fingerprint density at radius 3 is 2.67 bits per heavy atom. The summed E-state index contributed by atoms with van der Waals surface area (Å²) >= 11 is 0. The third kappa shape index (κ3) is 3.92. The van der Waals surface area contributed by atoms with Gasteiger partial charge in [0.25, 0.3) is 5.91 Å². The van der Waals surface area contributed by atoms with Gasteiger partial charge in [-0.2, -0.15) is 0 Å². The van der Waals surface area contributed by atoms with Crippen LogP contribution in [0.4, 0.5) is 5.82 Å². The van der Waals surface area contributed by atoms with Crippen molar-refractivity contribution in [2.45, 2.75) is 19.8 Å². The van der Waals surface area contributed by atoms with Crippen molar-refractivity contribution in [1.29, 1.82) is 0 Å². The van der Waals surface area contributed by atoms with Gasteiger partial charge in [-0.3, -0.25) is 4.79 Å². The normalized spacial score (nSPS) is 15.1. The zero-order valence-electron chi connectivity index (χ0n) is 15.6. The van der Waals surface area contributed by atoms with Crippen LogP contribution < -0.4 is 5.32 Å². The predicted molar refractivity (Wildman–Crippen MR) is 108 cm³/mol. The van der Waals surface area contributed by atoms with Gasteiger partial charge in [0.05, 0.1) is 5.52 Å². The van der Waals surface area contributed by atoms with Gasteiger partial charge in [0.15, 0.2) is 0 Å². The number of carbonyl (C=O) groups excluding carboxylic acids is 1. The number of amides is 1. The van der Waals surface area contributed by atoms with Crippen molar-refractivity contribution in [2.24, 2.45) is 5.92 Å². The van der Waals surface area contributed by atoms with Gasteiger partial charge in [0.2, 0.25) is 0 Å².